The van der Waals surface area contributed by atoms with E-state index in [0.717, 1.165) is 6.54 Å². The van der Waals surface area contributed by atoms with Crippen LogP contribution in [0.5, 0.6) is 0 Å². The number of nitrogens with one attached hydrogen (secondary N) is 1. The number of benzene rings is 1. The second-order valence-corrected chi connectivity index (χ2v) is 4.66. The summed E-state index contributed by atoms with van der Waals surface area (Å²) in [5.41, 5.74) is 8.72. The molecule has 0 bridgehead atoms. The molecule has 1 aromatic carbocycles. The van der Waals surface area contributed by atoms with Crippen LogP contribution in [0.25, 0.3) is 0 Å². The van der Waals surface area contributed by atoms with Gasteiger partial charge in [0.05, 0.1) is 0 Å². The molecule has 2 rings (SSSR count). The van der Waals surface area contributed by atoms with E-state index in [2.05, 4.69) is 35.7 Å². The largest absolute Gasteiger partial charge is 0.329 e. The Morgan fingerprint density at radius 1 is 1.24 bits per heavy atom. The van der Waals surface area contributed by atoms with Crippen LogP contribution in [0, 0.1) is 0 Å². The second-order valence-electron chi connectivity index (χ2n) is 4.66. The van der Waals surface area contributed by atoms with Crippen LogP contribution in [0.15, 0.2) is 42.0 Å². The highest BCUT2D eigenvalue weighted by Crippen LogP contribution is 2.20. The highest BCUT2D eigenvalue weighted by molar-refractivity contribution is 5.19. The molecule has 0 spiro atoms. The summed E-state index contributed by atoms with van der Waals surface area (Å²) < 4.78 is 0. The SMILES string of the molecule is NCC(NCCC1=CCCC1)c1ccccc1. The Labute approximate surface area is 104 Å². The molecule has 92 valence electrons. The lowest BCUT2D eigenvalue weighted by Crippen LogP contribution is -2.29. The fourth-order valence-electron chi connectivity index (χ4n) is 2.39. The maximum absolute atomic E-state index is 5.82. The molecule has 1 atom stereocenters. The van der Waals surface area contributed by atoms with E-state index in [4.69, 9.17) is 5.73 Å². The third kappa shape index (κ3) is 3.69. The fourth-order valence-corrected chi connectivity index (χ4v) is 2.39. The standard InChI is InChI=1S/C15H22N2/c16-12-15(14-8-2-1-3-9-14)17-11-10-13-6-4-5-7-13/h1-3,6,8-9,15,17H,4-5,7,10-12,16H2. The quantitative estimate of drug-likeness (QED) is 0.737. The van der Waals surface area contributed by atoms with Crippen LogP contribution in [-0.4, -0.2) is 13.1 Å². The van der Waals surface area contributed by atoms with Gasteiger partial charge < -0.3 is 11.1 Å². The average molecular weight is 230 g/mol. The van der Waals surface area contributed by atoms with E-state index in [1.165, 1.54) is 31.2 Å². The summed E-state index contributed by atoms with van der Waals surface area (Å²) >= 11 is 0. The van der Waals surface area contributed by atoms with Gasteiger partial charge in [-0.1, -0.05) is 42.0 Å². The van der Waals surface area contributed by atoms with Crippen LogP contribution in [0.1, 0.15) is 37.3 Å². The normalized spacial score (nSPS) is 16.9. The van der Waals surface area contributed by atoms with Crippen molar-refractivity contribution < 1.29 is 0 Å². The third-order valence-corrected chi connectivity index (χ3v) is 3.41. The molecule has 2 nitrogen and oxygen atoms in total. The Bertz CT molecular complexity index is 356. The van der Waals surface area contributed by atoms with E-state index in [9.17, 15) is 0 Å². The number of nitrogens with two attached hydrogens (primary N) is 1. The summed E-state index contributed by atoms with van der Waals surface area (Å²) in [6, 6.07) is 10.7. The Balaban J connectivity index is 1.80. The van der Waals surface area contributed by atoms with Crippen LogP contribution in [0.3, 0.4) is 0 Å². The molecule has 0 heterocycles. The minimum absolute atomic E-state index is 0.290. The molecular weight excluding hydrogens is 208 g/mol. The lowest BCUT2D eigenvalue weighted by molar-refractivity contribution is 0.542. The first-order valence-electron chi connectivity index (χ1n) is 6.56. The first-order valence-corrected chi connectivity index (χ1v) is 6.56. The van der Waals surface area contributed by atoms with Gasteiger partial charge in [-0.15, -0.1) is 0 Å². The molecule has 0 saturated carbocycles. The Morgan fingerprint density at radius 3 is 2.71 bits per heavy atom. The Morgan fingerprint density at radius 2 is 2.06 bits per heavy atom. The van der Waals surface area contributed by atoms with Gasteiger partial charge in [-0.3, -0.25) is 0 Å². The summed E-state index contributed by atoms with van der Waals surface area (Å²) in [5.74, 6) is 0. The van der Waals surface area contributed by atoms with Crippen LogP contribution in [0.4, 0.5) is 0 Å². The van der Waals surface area contributed by atoms with Crippen molar-refractivity contribution in [2.24, 2.45) is 5.73 Å². The number of rotatable bonds is 6. The number of hydrogen-bond donors (Lipinski definition) is 2. The first-order chi connectivity index (χ1) is 8.40. The summed E-state index contributed by atoms with van der Waals surface area (Å²) in [6.07, 6.45) is 7.47. The lowest BCUT2D eigenvalue weighted by Gasteiger charge is -2.17. The predicted molar refractivity (Wildman–Crippen MR) is 72.8 cm³/mol. The van der Waals surface area contributed by atoms with Crippen molar-refractivity contribution in [2.75, 3.05) is 13.1 Å². The van der Waals surface area contributed by atoms with Gasteiger partial charge in [0.2, 0.25) is 0 Å². The van der Waals surface area contributed by atoms with Gasteiger partial charge in [-0.2, -0.15) is 0 Å². The predicted octanol–water partition coefficient (Wildman–Crippen LogP) is 2.78. The van der Waals surface area contributed by atoms with E-state index in [-0.39, 0.29) is 0 Å². The van der Waals surface area contributed by atoms with Gasteiger partial charge in [-0.25, -0.2) is 0 Å². The summed E-state index contributed by atoms with van der Waals surface area (Å²) in [5, 5.41) is 3.55. The number of allylic oxidation sites excluding steroid dienone is 1. The summed E-state index contributed by atoms with van der Waals surface area (Å²) in [6.45, 7) is 1.69. The third-order valence-electron chi connectivity index (χ3n) is 3.41. The van der Waals surface area contributed by atoms with Gasteiger partial charge in [-0.05, 0) is 37.8 Å². The van der Waals surface area contributed by atoms with Crippen molar-refractivity contribution in [1.82, 2.24) is 5.32 Å². The zero-order valence-corrected chi connectivity index (χ0v) is 10.4. The topological polar surface area (TPSA) is 38.0 Å². The minimum Gasteiger partial charge on any atom is -0.329 e. The van der Waals surface area contributed by atoms with Crippen LogP contribution >= 0.6 is 0 Å². The first kappa shape index (κ1) is 12.3. The maximum atomic E-state index is 5.82. The maximum Gasteiger partial charge on any atom is 0.0444 e. The Hall–Kier alpha value is -1.12. The molecular formula is C15H22N2. The second kappa shape index (κ2) is 6.58. The zero-order valence-electron chi connectivity index (χ0n) is 10.4. The van der Waals surface area contributed by atoms with Gasteiger partial charge in [0.25, 0.3) is 0 Å². The van der Waals surface area contributed by atoms with Gasteiger partial charge in [0.1, 0.15) is 0 Å². The van der Waals surface area contributed by atoms with Crippen LogP contribution in [0.2, 0.25) is 0 Å². The summed E-state index contributed by atoms with van der Waals surface area (Å²) in [4.78, 5) is 0. The van der Waals surface area contributed by atoms with E-state index in [1.807, 2.05) is 6.07 Å². The monoisotopic (exact) mass is 230 g/mol. The molecule has 1 aliphatic carbocycles. The van der Waals surface area contributed by atoms with Crippen molar-refractivity contribution in [3.63, 3.8) is 0 Å². The van der Waals surface area contributed by atoms with Crippen molar-refractivity contribution in [2.45, 2.75) is 31.7 Å². The molecule has 17 heavy (non-hydrogen) atoms. The van der Waals surface area contributed by atoms with Crippen LogP contribution in [-0.2, 0) is 0 Å². The highest BCUT2D eigenvalue weighted by Gasteiger charge is 2.09. The Kier molecular flexibility index (Phi) is 4.77. The number of hydrogen-bond acceptors (Lipinski definition) is 2. The van der Waals surface area contributed by atoms with Crippen LogP contribution < -0.4 is 11.1 Å². The summed E-state index contributed by atoms with van der Waals surface area (Å²) in [7, 11) is 0. The lowest BCUT2D eigenvalue weighted by atomic mass is 10.1. The van der Waals surface area contributed by atoms with Gasteiger partial charge in [0.15, 0.2) is 0 Å². The molecule has 1 unspecified atom stereocenters. The molecule has 0 aromatic heterocycles. The molecule has 2 heteroatoms. The molecule has 0 aliphatic heterocycles. The van der Waals surface area contributed by atoms with Crippen molar-refractivity contribution in [3.8, 4) is 0 Å². The fraction of sp³-hybridized carbons (Fsp3) is 0.467. The molecule has 0 fully saturated rings. The van der Waals surface area contributed by atoms with Gasteiger partial charge >= 0.3 is 0 Å². The highest BCUT2D eigenvalue weighted by atomic mass is 14.9. The smallest absolute Gasteiger partial charge is 0.0444 e. The van der Waals surface area contributed by atoms with E-state index >= 15 is 0 Å². The van der Waals surface area contributed by atoms with Crippen molar-refractivity contribution >= 4 is 0 Å². The minimum atomic E-state index is 0.290. The van der Waals surface area contributed by atoms with E-state index in [1.54, 1.807) is 5.57 Å². The molecule has 0 radical (unpaired) electrons. The zero-order chi connectivity index (χ0) is 11.9. The van der Waals surface area contributed by atoms with E-state index in [0.29, 0.717) is 12.6 Å². The van der Waals surface area contributed by atoms with Crippen molar-refractivity contribution in [1.29, 1.82) is 0 Å². The molecule has 1 aliphatic rings. The molecule has 3 N–H and O–H groups in total. The average Bonchev–Trinajstić information content (AvgIpc) is 2.89. The molecule has 1 aromatic rings. The van der Waals surface area contributed by atoms with Gasteiger partial charge in [0, 0.05) is 12.6 Å². The molecule has 0 amide bonds. The van der Waals surface area contributed by atoms with Crippen molar-refractivity contribution in [3.05, 3.63) is 47.5 Å². The molecule has 0 saturated heterocycles. The van der Waals surface area contributed by atoms with E-state index < -0.39 is 0 Å².